The smallest absolute Gasteiger partial charge is 0.265 e. The fraction of sp³-hybridized carbons (Fsp3) is 0.174. The number of ether oxygens (including phenoxy) is 1. The molecule has 0 spiro atoms. The van der Waals surface area contributed by atoms with E-state index in [1.54, 1.807) is 13.1 Å². The molecule has 146 valence electrons. The Morgan fingerprint density at radius 2 is 1.86 bits per heavy atom. The normalized spacial score (nSPS) is 12.0. The van der Waals surface area contributed by atoms with Gasteiger partial charge in [0.1, 0.15) is 21.1 Å². The van der Waals surface area contributed by atoms with Crippen LogP contribution in [0.1, 0.15) is 18.1 Å². The Morgan fingerprint density at radius 1 is 1.07 bits per heavy atom. The Balaban J connectivity index is 1.49. The molecule has 2 aromatic carbocycles. The van der Waals surface area contributed by atoms with Crippen LogP contribution in [0.5, 0.6) is 5.75 Å². The molecular weight excluding hydrogens is 382 g/mol. The summed E-state index contributed by atoms with van der Waals surface area (Å²) >= 11 is 1.53. The van der Waals surface area contributed by atoms with Crippen molar-refractivity contribution in [1.82, 2.24) is 9.97 Å². The van der Waals surface area contributed by atoms with Gasteiger partial charge in [0, 0.05) is 17.4 Å². The highest BCUT2D eigenvalue weighted by Crippen LogP contribution is 2.30. The zero-order valence-electron chi connectivity index (χ0n) is 16.5. The maximum Gasteiger partial charge on any atom is 0.265 e. The van der Waals surface area contributed by atoms with E-state index in [9.17, 15) is 4.79 Å². The molecule has 0 fully saturated rings. The molecular formula is C23H21N3O2S. The Hall–Kier alpha value is -3.25. The molecule has 0 bridgehead atoms. The van der Waals surface area contributed by atoms with Crippen molar-refractivity contribution in [1.29, 1.82) is 0 Å². The third-order valence-electron chi connectivity index (χ3n) is 4.42. The van der Waals surface area contributed by atoms with Crippen LogP contribution in [0.2, 0.25) is 0 Å². The number of amides is 1. The number of anilines is 1. The molecule has 0 saturated carbocycles. The van der Waals surface area contributed by atoms with E-state index < -0.39 is 6.10 Å². The van der Waals surface area contributed by atoms with E-state index in [1.807, 2.05) is 62.4 Å². The van der Waals surface area contributed by atoms with Gasteiger partial charge in [0.25, 0.3) is 5.91 Å². The summed E-state index contributed by atoms with van der Waals surface area (Å²) in [6.45, 7) is 5.76. The fourth-order valence-electron chi connectivity index (χ4n) is 3.13. The lowest BCUT2D eigenvalue weighted by atomic mass is 10.1. The first-order valence-corrected chi connectivity index (χ1v) is 10.2. The quantitative estimate of drug-likeness (QED) is 0.486. The molecule has 2 aromatic heterocycles. The van der Waals surface area contributed by atoms with Crippen molar-refractivity contribution < 1.29 is 9.53 Å². The Bertz CT molecular complexity index is 1130. The van der Waals surface area contributed by atoms with Crippen molar-refractivity contribution in [2.45, 2.75) is 26.9 Å². The van der Waals surface area contributed by atoms with Gasteiger partial charge in [-0.15, -0.1) is 0 Å². The van der Waals surface area contributed by atoms with Crippen LogP contribution < -0.4 is 10.1 Å². The molecule has 2 heterocycles. The molecule has 6 heteroatoms. The van der Waals surface area contributed by atoms with Crippen molar-refractivity contribution in [3.05, 3.63) is 71.9 Å². The number of aryl methyl sites for hydroxylation is 2. The number of hydrogen-bond donors (Lipinski definition) is 1. The SMILES string of the molecule is Cc1cc(C)cc(OC(C)C(=O)Nc2cccc(-c3nc4cccnc4s3)c2)c1. The van der Waals surface area contributed by atoms with E-state index in [1.165, 1.54) is 11.3 Å². The topological polar surface area (TPSA) is 64.1 Å². The summed E-state index contributed by atoms with van der Waals surface area (Å²) < 4.78 is 5.83. The second-order valence-electron chi connectivity index (χ2n) is 7.00. The van der Waals surface area contributed by atoms with E-state index >= 15 is 0 Å². The largest absolute Gasteiger partial charge is 0.481 e. The third kappa shape index (κ3) is 4.43. The van der Waals surface area contributed by atoms with Gasteiger partial charge < -0.3 is 10.1 Å². The maximum absolute atomic E-state index is 12.6. The van der Waals surface area contributed by atoms with Crippen LogP contribution in [0.3, 0.4) is 0 Å². The molecule has 0 aliphatic rings. The van der Waals surface area contributed by atoms with Crippen LogP contribution >= 0.6 is 11.3 Å². The molecule has 1 unspecified atom stereocenters. The molecule has 1 atom stereocenters. The van der Waals surface area contributed by atoms with Crippen LogP contribution in [-0.2, 0) is 4.79 Å². The number of carbonyl (C=O) groups excluding carboxylic acids is 1. The predicted molar refractivity (Wildman–Crippen MR) is 117 cm³/mol. The lowest BCUT2D eigenvalue weighted by molar-refractivity contribution is -0.122. The summed E-state index contributed by atoms with van der Waals surface area (Å²) in [5.74, 6) is 0.494. The second kappa shape index (κ2) is 8.01. The molecule has 0 saturated heterocycles. The highest BCUT2D eigenvalue weighted by atomic mass is 32.1. The molecule has 29 heavy (non-hydrogen) atoms. The van der Waals surface area contributed by atoms with Crippen LogP contribution in [0.25, 0.3) is 20.9 Å². The Morgan fingerprint density at radius 3 is 2.62 bits per heavy atom. The number of carbonyl (C=O) groups is 1. The van der Waals surface area contributed by atoms with E-state index in [4.69, 9.17) is 4.74 Å². The first-order valence-electron chi connectivity index (χ1n) is 9.36. The average Bonchev–Trinajstić information content (AvgIpc) is 3.11. The van der Waals surface area contributed by atoms with Crippen molar-refractivity contribution in [2.24, 2.45) is 0 Å². The van der Waals surface area contributed by atoms with Gasteiger partial charge in [0.15, 0.2) is 6.10 Å². The lowest BCUT2D eigenvalue weighted by Gasteiger charge is -2.16. The van der Waals surface area contributed by atoms with Gasteiger partial charge in [0.2, 0.25) is 0 Å². The van der Waals surface area contributed by atoms with E-state index in [0.29, 0.717) is 11.4 Å². The fourth-order valence-corrected chi connectivity index (χ4v) is 4.03. The molecule has 4 aromatic rings. The summed E-state index contributed by atoms with van der Waals surface area (Å²) in [6.07, 6.45) is 1.14. The van der Waals surface area contributed by atoms with E-state index in [-0.39, 0.29) is 5.91 Å². The summed E-state index contributed by atoms with van der Waals surface area (Å²) in [5.41, 5.74) is 4.72. The minimum Gasteiger partial charge on any atom is -0.481 e. The molecule has 0 aliphatic carbocycles. The highest BCUT2D eigenvalue weighted by Gasteiger charge is 2.16. The number of benzene rings is 2. The number of fused-ring (bicyclic) bond motifs is 1. The van der Waals surface area contributed by atoms with Crippen molar-refractivity contribution >= 4 is 33.3 Å². The lowest BCUT2D eigenvalue weighted by Crippen LogP contribution is -2.30. The van der Waals surface area contributed by atoms with E-state index in [0.717, 1.165) is 32.0 Å². The maximum atomic E-state index is 12.6. The van der Waals surface area contributed by atoms with Crippen LogP contribution in [-0.4, -0.2) is 22.0 Å². The first-order chi connectivity index (χ1) is 14.0. The number of rotatable bonds is 5. The van der Waals surface area contributed by atoms with Crippen molar-refractivity contribution in [2.75, 3.05) is 5.32 Å². The zero-order valence-corrected chi connectivity index (χ0v) is 17.3. The van der Waals surface area contributed by atoms with Gasteiger partial charge in [0.05, 0.1) is 0 Å². The average molecular weight is 404 g/mol. The minimum absolute atomic E-state index is 0.202. The Labute approximate surface area is 173 Å². The highest BCUT2D eigenvalue weighted by molar-refractivity contribution is 7.21. The summed E-state index contributed by atoms with van der Waals surface area (Å²) in [4.78, 5) is 22.5. The first kappa shape index (κ1) is 19.1. The summed E-state index contributed by atoms with van der Waals surface area (Å²) in [6, 6.07) is 17.4. The second-order valence-corrected chi connectivity index (χ2v) is 7.98. The van der Waals surface area contributed by atoms with Crippen molar-refractivity contribution in [3.8, 4) is 16.3 Å². The van der Waals surface area contributed by atoms with Crippen LogP contribution in [0, 0.1) is 13.8 Å². The zero-order chi connectivity index (χ0) is 20.4. The predicted octanol–water partition coefficient (Wildman–Crippen LogP) is 5.38. The molecule has 0 aliphatic heterocycles. The number of aromatic nitrogens is 2. The van der Waals surface area contributed by atoms with Gasteiger partial charge in [-0.2, -0.15) is 0 Å². The molecule has 1 amide bonds. The molecule has 0 radical (unpaired) electrons. The van der Waals surface area contributed by atoms with Gasteiger partial charge in [-0.3, -0.25) is 4.79 Å². The third-order valence-corrected chi connectivity index (χ3v) is 5.45. The van der Waals surface area contributed by atoms with Crippen LogP contribution in [0.15, 0.2) is 60.8 Å². The number of nitrogens with zero attached hydrogens (tertiary/aromatic N) is 2. The summed E-state index contributed by atoms with van der Waals surface area (Å²) in [7, 11) is 0. The van der Waals surface area contributed by atoms with Gasteiger partial charge in [-0.25, -0.2) is 9.97 Å². The van der Waals surface area contributed by atoms with Gasteiger partial charge in [-0.05, 0) is 68.3 Å². The van der Waals surface area contributed by atoms with Crippen molar-refractivity contribution in [3.63, 3.8) is 0 Å². The number of hydrogen-bond acceptors (Lipinski definition) is 5. The minimum atomic E-state index is -0.619. The molecule has 1 N–H and O–H groups in total. The monoisotopic (exact) mass is 403 g/mol. The Kier molecular flexibility index (Phi) is 5.27. The standard InChI is InChI=1S/C23H21N3O2S/c1-14-10-15(2)12-19(11-14)28-16(3)21(27)25-18-7-4-6-17(13-18)22-26-20-8-5-9-24-23(20)29-22/h4-13,16H,1-3H3,(H,25,27). The molecule has 4 rings (SSSR count). The number of thiazole rings is 1. The number of nitrogens with one attached hydrogen (secondary N) is 1. The molecule has 5 nitrogen and oxygen atoms in total. The van der Waals surface area contributed by atoms with Crippen LogP contribution in [0.4, 0.5) is 5.69 Å². The van der Waals surface area contributed by atoms with Gasteiger partial charge in [-0.1, -0.05) is 29.5 Å². The van der Waals surface area contributed by atoms with E-state index in [2.05, 4.69) is 21.4 Å². The number of pyridine rings is 1. The summed E-state index contributed by atoms with van der Waals surface area (Å²) in [5, 5.41) is 3.80. The van der Waals surface area contributed by atoms with Gasteiger partial charge >= 0.3 is 0 Å².